The van der Waals surface area contributed by atoms with Crippen LogP contribution in [0.5, 0.6) is 0 Å². The van der Waals surface area contributed by atoms with E-state index in [0.29, 0.717) is 11.5 Å². The number of aryl methyl sites for hydroxylation is 1. The number of carbonyl (C=O) groups is 1. The standard InChI is InChI=1S/C14H11NO3/c1-8-12(7-16)18-9(2)13(8)11-5-10-3-4-17-14(10)15-6-11/h3-7H,1-2H3. The first kappa shape index (κ1) is 10.8. The van der Waals surface area contributed by atoms with Crippen LogP contribution in [0.25, 0.3) is 22.2 Å². The minimum absolute atomic E-state index is 0.370. The van der Waals surface area contributed by atoms with Crippen LogP contribution in [0, 0.1) is 13.8 Å². The lowest BCUT2D eigenvalue weighted by Gasteiger charge is -2.00. The van der Waals surface area contributed by atoms with Crippen LogP contribution in [0.2, 0.25) is 0 Å². The summed E-state index contributed by atoms with van der Waals surface area (Å²) in [7, 11) is 0. The number of furan rings is 2. The van der Waals surface area contributed by atoms with Crippen molar-refractivity contribution in [1.82, 2.24) is 4.98 Å². The minimum Gasteiger partial charge on any atom is -0.458 e. The van der Waals surface area contributed by atoms with Crippen LogP contribution in [0.1, 0.15) is 21.9 Å². The first-order valence-electron chi connectivity index (χ1n) is 5.59. The Morgan fingerprint density at radius 1 is 1.33 bits per heavy atom. The van der Waals surface area contributed by atoms with Crippen LogP contribution >= 0.6 is 0 Å². The van der Waals surface area contributed by atoms with E-state index < -0.39 is 0 Å². The Hall–Kier alpha value is -2.36. The van der Waals surface area contributed by atoms with Crippen LogP contribution < -0.4 is 0 Å². The normalized spacial score (nSPS) is 11.0. The molecule has 3 aromatic heterocycles. The van der Waals surface area contributed by atoms with Crippen molar-refractivity contribution in [3.05, 3.63) is 41.7 Å². The molecule has 0 aliphatic heterocycles. The van der Waals surface area contributed by atoms with E-state index in [1.807, 2.05) is 26.0 Å². The number of carbonyl (C=O) groups excluding carboxylic acids is 1. The number of pyridine rings is 1. The number of aldehydes is 1. The van der Waals surface area contributed by atoms with E-state index in [-0.39, 0.29) is 0 Å². The molecule has 0 saturated carbocycles. The highest BCUT2D eigenvalue weighted by molar-refractivity contribution is 5.85. The lowest BCUT2D eigenvalue weighted by molar-refractivity contribution is 0.109. The number of nitrogens with zero attached hydrogens (tertiary/aromatic N) is 1. The van der Waals surface area contributed by atoms with Crippen LogP contribution in [-0.2, 0) is 0 Å². The van der Waals surface area contributed by atoms with E-state index >= 15 is 0 Å². The average molecular weight is 241 g/mol. The Balaban J connectivity index is 2.24. The molecule has 0 N–H and O–H groups in total. The summed E-state index contributed by atoms with van der Waals surface area (Å²) in [5.74, 6) is 1.09. The van der Waals surface area contributed by atoms with Crippen LogP contribution in [0.3, 0.4) is 0 Å². The SMILES string of the molecule is Cc1oc(C=O)c(C)c1-c1cnc2occc2c1. The number of hydrogen-bond donors (Lipinski definition) is 0. The average Bonchev–Trinajstić information content (AvgIpc) is 2.93. The zero-order chi connectivity index (χ0) is 12.7. The van der Waals surface area contributed by atoms with Crippen molar-refractivity contribution >= 4 is 17.4 Å². The molecule has 0 aliphatic carbocycles. The summed E-state index contributed by atoms with van der Waals surface area (Å²) >= 11 is 0. The molecule has 0 amide bonds. The monoisotopic (exact) mass is 241 g/mol. The third-order valence-corrected chi connectivity index (χ3v) is 3.06. The zero-order valence-corrected chi connectivity index (χ0v) is 10.1. The fourth-order valence-electron chi connectivity index (χ4n) is 2.21. The van der Waals surface area contributed by atoms with Crippen molar-refractivity contribution in [3.8, 4) is 11.1 Å². The van der Waals surface area contributed by atoms with Gasteiger partial charge in [0.15, 0.2) is 12.0 Å². The van der Waals surface area contributed by atoms with Gasteiger partial charge in [0.05, 0.1) is 6.26 Å². The summed E-state index contributed by atoms with van der Waals surface area (Å²) in [6.45, 7) is 3.71. The molecule has 4 nitrogen and oxygen atoms in total. The molecule has 0 fully saturated rings. The third kappa shape index (κ3) is 1.46. The zero-order valence-electron chi connectivity index (χ0n) is 10.1. The molecule has 3 rings (SSSR count). The molecule has 3 aromatic rings. The lowest BCUT2D eigenvalue weighted by Crippen LogP contribution is -1.84. The first-order chi connectivity index (χ1) is 8.70. The Morgan fingerprint density at radius 3 is 2.89 bits per heavy atom. The second-order valence-corrected chi connectivity index (χ2v) is 4.18. The van der Waals surface area contributed by atoms with Gasteiger partial charge in [0, 0.05) is 28.3 Å². The highest BCUT2D eigenvalue weighted by Gasteiger charge is 2.16. The van der Waals surface area contributed by atoms with Gasteiger partial charge in [-0.05, 0) is 26.0 Å². The molecular weight excluding hydrogens is 230 g/mol. The summed E-state index contributed by atoms with van der Waals surface area (Å²) < 4.78 is 10.6. The fourth-order valence-corrected chi connectivity index (χ4v) is 2.21. The smallest absolute Gasteiger partial charge is 0.225 e. The quantitative estimate of drug-likeness (QED) is 0.644. The molecule has 0 saturated heterocycles. The topological polar surface area (TPSA) is 56.2 Å². The van der Waals surface area contributed by atoms with Gasteiger partial charge in [-0.15, -0.1) is 0 Å². The van der Waals surface area contributed by atoms with Crippen LogP contribution in [0.15, 0.2) is 33.4 Å². The van der Waals surface area contributed by atoms with Crippen molar-refractivity contribution in [2.24, 2.45) is 0 Å². The van der Waals surface area contributed by atoms with Gasteiger partial charge in [-0.25, -0.2) is 4.98 Å². The summed E-state index contributed by atoms with van der Waals surface area (Å²) in [5.41, 5.74) is 3.30. The highest BCUT2D eigenvalue weighted by atomic mass is 16.3. The van der Waals surface area contributed by atoms with Gasteiger partial charge in [-0.1, -0.05) is 0 Å². The molecule has 0 aliphatic rings. The molecule has 0 aromatic carbocycles. The molecule has 90 valence electrons. The lowest BCUT2D eigenvalue weighted by atomic mass is 10.0. The number of rotatable bonds is 2. The number of fused-ring (bicyclic) bond motifs is 1. The van der Waals surface area contributed by atoms with Crippen molar-refractivity contribution in [2.75, 3.05) is 0 Å². The van der Waals surface area contributed by atoms with Crippen molar-refractivity contribution < 1.29 is 13.6 Å². The highest BCUT2D eigenvalue weighted by Crippen LogP contribution is 2.32. The molecular formula is C14H11NO3. The Kier molecular flexibility index (Phi) is 2.30. The molecule has 4 heteroatoms. The van der Waals surface area contributed by atoms with Crippen LogP contribution in [0.4, 0.5) is 0 Å². The number of hydrogen-bond acceptors (Lipinski definition) is 4. The maximum atomic E-state index is 10.9. The van der Waals surface area contributed by atoms with E-state index in [1.54, 1.807) is 12.5 Å². The summed E-state index contributed by atoms with van der Waals surface area (Å²) in [6, 6.07) is 3.84. The second kappa shape index (κ2) is 3.84. The third-order valence-electron chi connectivity index (χ3n) is 3.06. The minimum atomic E-state index is 0.370. The Morgan fingerprint density at radius 2 is 2.17 bits per heavy atom. The first-order valence-corrected chi connectivity index (χ1v) is 5.59. The molecule has 0 spiro atoms. The molecule has 0 bridgehead atoms. The summed E-state index contributed by atoms with van der Waals surface area (Å²) in [5, 5.41) is 0.931. The van der Waals surface area contributed by atoms with E-state index in [9.17, 15) is 4.79 Å². The van der Waals surface area contributed by atoms with Gasteiger partial charge < -0.3 is 8.83 Å². The van der Waals surface area contributed by atoms with E-state index in [4.69, 9.17) is 8.83 Å². The maximum Gasteiger partial charge on any atom is 0.225 e. The van der Waals surface area contributed by atoms with Gasteiger partial charge in [0.25, 0.3) is 0 Å². The van der Waals surface area contributed by atoms with Crippen molar-refractivity contribution in [3.63, 3.8) is 0 Å². The largest absolute Gasteiger partial charge is 0.458 e. The van der Waals surface area contributed by atoms with Crippen molar-refractivity contribution in [2.45, 2.75) is 13.8 Å². The fraction of sp³-hybridized carbons (Fsp3) is 0.143. The predicted octanol–water partition coefficient (Wildman–Crippen LogP) is 3.52. The summed E-state index contributed by atoms with van der Waals surface area (Å²) in [6.07, 6.45) is 4.06. The Bertz CT molecular complexity index is 737. The Labute approximate surface area is 103 Å². The molecule has 3 heterocycles. The second-order valence-electron chi connectivity index (χ2n) is 4.18. The van der Waals surface area contributed by atoms with Gasteiger partial charge in [0.1, 0.15) is 5.76 Å². The summed E-state index contributed by atoms with van der Waals surface area (Å²) in [4.78, 5) is 15.1. The molecule has 0 atom stereocenters. The van der Waals surface area contributed by atoms with E-state index in [0.717, 1.165) is 34.1 Å². The van der Waals surface area contributed by atoms with Crippen LogP contribution in [-0.4, -0.2) is 11.3 Å². The van der Waals surface area contributed by atoms with Gasteiger partial charge in [-0.3, -0.25) is 4.79 Å². The predicted molar refractivity (Wildman–Crippen MR) is 66.6 cm³/mol. The van der Waals surface area contributed by atoms with E-state index in [1.165, 1.54) is 0 Å². The molecule has 0 unspecified atom stereocenters. The maximum absolute atomic E-state index is 10.9. The van der Waals surface area contributed by atoms with Gasteiger partial charge in [-0.2, -0.15) is 0 Å². The van der Waals surface area contributed by atoms with E-state index in [2.05, 4.69) is 4.98 Å². The molecule has 18 heavy (non-hydrogen) atoms. The van der Waals surface area contributed by atoms with Gasteiger partial charge in [0.2, 0.25) is 5.71 Å². The number of aromatic nitrogens is 1. The van der Waals surface area contributed by atoms with Gasteiger partial charge >= 0.3 is 0 Å². The van der Waals surface area contributed by atoms with Crippen molar-refractivity contribution in [1.29, 1.82) is 0 Å². The molecule has 0 radical (unpaired) electrons.